The van der Waals surface area contributed by atoms with Gasteiger partial charge in [0.2, 0.25) is 15.9 Å². The van der Waals surface area contributed by atoms with Gasteiger partial charge in [-0.1, -0.05) is 29.8 Å². The molecule has 0 N–H and O–H groups in total. The van der Waals surface area contributed by atoms with Gasteiger partial charge in [0.05, 0.1) is 11.5 Å². The Labute approximate surface area is 213 Å². The summed E-state index contributed by atoms with van der Waals surface area (Å²) in [7, 11) is -3.73. The predicted octanol–water partition coefficient (Wildman–Crippen LogP) is 4.16. The zero-order valence-electron chi connectivity index (χ0n) is 20.8. The fourth-order valence-corrected chi connectivity index (χ4v) is 8.68. The van der Waals surface area contributed by atoms with Gasteiger partial charge in [-0.3, -0.25) is 4.79 Å². The Bertz CT molecular complexity index is 1310. The van der Waals surface area contributed by atoms with Gasteiger partial charge >= 0.3 is 0 Å². The van der Waals surface area contributed by atoms with Crippen molar-refractivity contribution in [2.45, 2.75) is 69.0 Å². The van der Waals surface area contributed by atoms with Crippen molar-refractivity contribution >= 4 is 15.9 Å². The molecule has 6 nitrogen and oxygen atoms in total. The number of nitrogens with zero attached hydrogens (tertiary/aromatic N) is 2. The van der Waals surface area contributed by atoms with Gasteiger partial charge in [-0.25, -0.2) is 8.42 Å². The molecule has 3 saturated carbocycles. The average Bonchev–Trinajstić information content (AvgIpc) is 3.74. The van der Waals surface area contributed by atoms with Crippen LogP contribution in [0, 0.1) is 30.6 Å². The lowest BCUT2D eigenvalue weighted by Crippen LogP contribution is -2.52. The van der Waals surface area contributed by atoms with Crippen molar-refractivity contribution in [1.82, 2.24) is 9.21 Å². The summed E-state index contributed by atoms with van der Waals surface area (Å²) in [4.78, 5) is 16.7. The lowest BCUT2D eigenvalue weighted by atomic mass is 9.93. The summed E-state index contributed by atoms with van der Waals surface area (Å²) in [6, 6.07) is 12.9. The molecule has 1 saturated heterocycles. The zero-order valence-corrected chi connectivity index (χ0v) is 21.6. The number of piperidine rings is 1. The summed E-state index contributed by atoms with van der Waals surface area (Å²) >= 11 is 0. The second kappa shape index (κ2) is 8.32. The van der Waals surface area contributed by atoms with Crippen LogP contribution in [0.25, 0.3) is 0 Å². The Morgan fingerprint density at radius 2 is 1.86 bits per heavy atom. The largest absolute Gasteiger partial charge is 0.493 e. The van der Waals surface area contributed by atoms with E-state index in [1.807, 2.05) is 24.0 Å². The van der Waals surface area contributed by atoms with E-state index in [0.29, 0.717) is 25.6 Å². The van der Waals surface area contributed by atoms with Crippen LogP contribution in [0.1, 0.15) is 48.8 Å². The van der Waals surface area contributed by atoms with E-state index in [9.17, 15) is 13.2 Å². The Kier molecular flexibility index (Phi) is 5.27. The summed E-state index contributed by atoms with van der Waals surface area (Å²) in [5.74, 6) is 2.93. The predicted molar refractivity (Wildman–Crippen MR) is 136 cm³/mol. The molecule has 0 spiro atoms. The highest BCUT2D eigenvalue weighted by molar-refractivity contribution is 7.89. The van der Waals surface area contributed by atoms with Crippen LogP contribution in [0.4, 0.5) is 0 Å². The van der Waals surface area contributed by atoms with Crippen LogP contribution in [0.15, 0.2) is 47.4 Å². The normalized spacial score (nSPS) is 32.2. The minimum atomic E-state index is -3.73. The highest BCUT2D eigenvalue weighted by atomic mass is 32.2. The Hall–Kier alpha value is -2.38. The quantitative estimate of drug-likeness (QED) is 0.590. The Morgan fingerprint density at radius 1 is 1.03 bits per heavy atom. The summed E-state index contributed by atoms with van der Waals surface area (Å²) in [5.41, 5.74) is 3.31. The van der Waals surface area contributed by atoms with E-state index >= 15 is 0 Å². The monoisotopic (exact) mass is 506 g/mol. The van der Waals surface area contributed by atoms with Gasteiger partial charge in [0.15, 0.2) is 0 Å². The molecule has 2 aliphatic heterocycles. The zero-order chi connectivity index (χ0) is 24.6. The van der Waals surface area contributed by atoms with Crippen molar-refractivity contribution in [3.8, 4) is 5.75 Å². The van der Waals surface area contributed by atoms with Gasteiger partial charge in [0.1, 0.15) is 11.8 Å². The van der Waals surface area contributed by atoms with Gasteiger partial charge in [-0.2, -0.15) is 4.31 Å². The number of hydrogen-bond donors (Lipinski definition) is 0. The molecule has 0 radical (unpaired) electrons. The fourth-order valence-electron chi connectivity index (χ4n) is 7.00. The molecule has 1 amide bonds. The summed E-state index contributed by atoms with van der Waals surface area (Å²) < 4.78 is 34.7. The lowest BCUT2D eigenvalue weighted by molar-refractivity contribution is -0.139. The van der Waals surface area contributed by atoms with E-state index in [4.69, 9.17) is 4.74 Å². The van der Waals surface area contributed by atoms with E-state index in [1.165, 1.54) is 22.7 Å². The molecule has 2 aromatic carbocycles. The van der Waals surface area contributed by atoms with Gasteiger partial charge in [-0.15, -0.1) is 0 Å². The van der Waals surface area contributed by atoms with E-state index in [1.54, 1.807) is 12.1 Å². The molecule has 3 aliphatic carbocycles. The van der Waals surface area contributed by atoms with Crippen molar-refractivity contribution in [1.29, 1.82) is 0 Å². The third kappa shape index (κ3) is 3.86. The number of benzene rings is 2. The molecule has 3 unspecified atom stereocenters. The van der Waals surface area contributed by atoms with E-state index in [0.717, 1.165) is 54.4 Å². The molecule has 36 heavy (non-hydrogen) atoms. The number of hydrogen-bond acceptors (Lipinski definition) is 4. The third-order valence-electron chi connectivity index (χ3n) is 9.34. The van der Waals surface area contributed by atoms with Gasteiger partial charge in [-0.05, 0) is 92.0 Å². The summed E-state index contributed by atoms with van der Waals surface area (Å²) in [6.07, 6.45) is 6.40. The highest BCUT2D eigenvalue weighted by Crippen LogP contribution is 2.53. The molecule has 0 bridgehead atoms. The van der Waals surface area contributed by atoms with Crippen LogP contribution in [-0.4, -0.2) is 48.8 Å². The molecule has 0 aromatic heterocycles. The topological polar surface area (TPSA) is 66.9 Å². The van der Waals surface area contributed by atoms with Crippen LogP contribution in [0.3, 0.4) is 0 Å². The molecule has 6 atom stereocenters. The minimum absolute atomic E-state index is 0.00111. The molecule has 5 aliphatic rings. The number of rotatable bonds is 6. The molecule has 7 rings (SSSR count). The lowest BCUT2D eigenvalue weighted by Gasteiger charge is -2.38. The first-order valence-electron chi connectivity index (χ1n) is 13.5. The number of aryl methyl sites for hydroxylation is 1. The van der Waals surface area contributed by atoms with Crippen LogP contribution in [-0.2, 0) is 27.8 Å². The third-order valence-corrected chi connectivity index (χ3v) is 11.2. The summed E-state index contributed by atoms with van der Waals surface area (Å²) in [5, 5.41) is 0. The maximum absolute atomic E-state index is 14.4. The van der Waals surface area contributed by atoms with Crippen molar-refractivity contribution < 1.29 is 17.9 Å². The van der Waals surface area contributed by atoms with Crippen LogP contribution in [0.2, 0.25) is 0 Å². The molecule has 4 fully saturated rings. The molecular weight excluding hydrogens is 472 g/mol. The van der Waals surface area contributed by atoms with Crippen molar-refractivity contribution in [2.75, 3.05) is 13.2 Å². The minimum Gasteiger partial charge on any atom is -0.493 e. The van der Waals surface area contributed by atoms with Crippen molar-refractivity contribution in [3.05, 3.63) is 59.2 Å². The number of fused-ring (bicyclic) bond motifs is 3. The average molecular weight is 507 g/mol. The smallest absolute Gasteiger partial charge is 0.243 e. The van der Waals surface area contributed by atoms with Crippen LogP contribution in [0.5, 0.6) is 5.75 Å². The number of carbonyl (C=O) groups is 1. The maximum atomic E-state index is 14.4. The molecular formula is C29H34N2O4S. The number of amides is 1. The highest BCUT2D eigenvalue weighted by Gasteiger charge is 2.60. The van der Waals surface area contributed by atoms with Crippen LogP contribution >= 0.6 is 0 Å². The molecule has 2 heterocycles. The second-order valence-corrected chi connectivity index (χ2v) is 13.6. The first-order valence-corrected chi connectivity index (χ1v) is 15.0. The number of ether oxygens (including phenoxy) is 1. The van der Waals surface area contributed by atoms with E-state index in [-0.39, 0.29) is 22.8 Å². The first-order chi connectivity index (χ1) is 17.4. The van der Waals surface area contributed by atoms with Gasteiger partial charge in [0.25, 0.3) is 0 Å². The van der Waals surface area contributed by atoms with E-state index < -0.39 is 16.1 Å². The Balaban J connectivity index is 1.20. The maximum Gasteiger partial charge on any atom is 0.243 e. The van der Waals surface area contributed by atoms with Crippen molar-refractivity contribution in [2.24, 2.45) is 23.7 Å². The SMILES string of the molecule is Cc1ccc(S(=O)(=O)N2C[C@@H]3C[C@@H]3[C@H]2C(=O)N(Cc2ccc3c(c2)OCC3)C2CCC3CC3C2)cc1. The molecule has 2 aromatic rings. The molecule has 190 valence electrons. The Morgan fingerprint density at radius 3 is 2.67 bits per heavy atom. The van der Waals surface area contributed by atoms with E-state index in [2.05, 4.69) is 18.2 Å². The van der Waals surface area contributed by atoms with Gasteiger partial charge < -0.3 is 9.64 Å². The molecule has 7 heteroatoms. The fraction of sp³-hybridized carbons (Fsp3) is 0.552. The van der Waals surface area contributed by atoms with Crippen LogP contribution < -0.4 is 4.74 Å². The van der Waals surface area contributed by atoms with Gasteiger partial charge in [0, 0.05) is 25.6 Å². The summed E-state index contributed by atoms with van der Waals surface area (Å²) in [6.45, 7) is 3.63. The number of sulfonamides is 1. The number of carbonyl (C=O) groups excluding carboxylic acids is 1. The standard InChI is InChI=1S/C29H34N2O4S/c1-18-2-8-25(9-3-18)36(33,34)31-17-23-15-26(23)28(31)29(32)30(24-7-6-21-13-22(21)14-24)16-19-4-5-20-10-11-35-27(20)12-19/h2-5,8-9,12,21-24,26,28H,6-7,10-11,13-17H2,1H3/t21?,22?,23-,24?,26-,28-/m0/s1. The van der Waals surface area contributed by atoms with Crippen molar-refractivity contribution in [3.63, 3.8) is 0 Å². The first kappa shape index (κ1) is 22.8. The second-order valence-electron chi connectivity index (χ2n) is 11.7.